The molecule has 0 aliphatic rings. The lowest BCUT2D eigenvalue weighted by Gasteiger charge is -2.25. The number of carbonyl (C=O) groups excluding carboxylic acids is 1. The number of carbonyl (C=O) groups is 1. The highest BCUT2D eigenvalue weighted by Gasteiger charge is 2.28. The van der Waals surface area contributed by atoms with E-state index in [1.165, 1.54) is 42.5 Å². The van der Waals surface area contributed by atoms with Crippen molar-refractivity contribution in [3.8, 4) is 28.7 Å². The van der Waals surface area contributed by atoms with E-state index in [0.29, 0.717) is 11.1 Å². The van der Waals surface area contributed by atoms with Gasteiger partial charge in [0.05, 0.1) is 5.56 Å². The number of rotatable bonds is 6. The zero-order chi connectivity index (χ0) is 22.7. The second-order valence-corrected chi connectivity index (χ2v) is 7.15. The summed E-state index contributed by atoms with van der Waals surface area (Å²) in [5, 5.41) is 59.5. The van der Waals surface area contributed by atoms with Gasteiger partial charge in [-0.3, -0.25) is 0 Å². The Morgan fingerprint density at radius 3 is 2.13 bits per heavy atom. The van der Waals surface area contributed by atoms with Crippen LogP contribution in [-0.2, 0) is 11.2 Å². The van der Waals surface area contributed by atoms with Crippen LogP contribution in [0.2, 0.25) is 0 Å². The fourth-order valence-electron chi connectivity index (χ4n) is 3.21. The fraction of sp³-hybridized carbons (Fsp3) is 0.174. The summed E-state index contributed by atoms with van der Waals surface area (Å²) in [5.74, 6) is -2.01. The van der Waals surface area contributed by atoms with E-state index < -0.39 is 23.9 Å². The third-order valence-electron chi connectivity index (χ3n) is 4.89. The first-order chi connectivity index (χ1) is 14.7. The van der Waals surface area contributed by atoms with E-state index in [0.717, 1.165) is 12.1 Å². The monoisotopic (exact) mass is 426 g/mol. The molecule has 8 heteroatoms. The number of esters is 1. The molecule has 31 heavy (non-hydrogen) atoms. The van der Waals surface area contributed by atoms with Crippen LogP contribution in [0.15, 0.2) is 54.6 Å². The van der Waals surface area contributed by atoms with Gasteiger partial charge in [-0.1, -0.05) is 6.07 Å². The summed E-state index contributed by atoms with van der Waals surface area (Å²) in [4.78, 5) is 12.6. The molecule has 0 amide bonds. The van der Waals surface area contributed by atoms with Crippen molar-refractivity contribution in [3.05, 3.63) is 76.9 Å². The molecule has 0 saturated heterocycles. The molecule has 0 spiro atoms. The van der Waals surface area contributed by atoms with Crippen molar-refractivity contribution in [2.24, 2.45) is 0 Å². The van der Waals surface area contributed by atoms with Gasteiger partial charge in [-0.2, -0.15) is 0 Å². The summed E-state index contributed by atoms with van der Waals surface area (Å²) < 4.78 is 5.52. The average Bonchev–Trinajstić information content (AvgIpc) is 2.71. The van der Waals surface area contributed by atoms with Crippen LogP contribution in [0.5, 0.6) is 28.7 Å². The van der Waals surface area contributed by atoms with Gasteiger partial charge in [0, 0.05) is 18.1 Å². The summed E-state index contributed by atoms with van der Waals surface area (Å²) in [7, 11) is 0. The van der Waals surface area contributed by atoms with E-state index in [1.807, 2.05) is 0 Å². The van der Waals surface area contributed by atoms with Crippen molar-refractivity contribution >= 4 is 5.97 Å². The van der Waals surface area contributed by atoms with Gasteiger partial charge in [0.2, 0.25) is 0 Å². The van der Waals surface area contributed by atoms with Crippen LogP contribution in [0, 0.1) is 6.92 Å². The van der Waals surface area contributed by atoms with E-state index in [9.17, 15) is 35.4 Å². The quantitative estimate of drug-likeness (QED) is 0.260. The van der Waals surface area contributed by atoms with Gasteiger partial charge in [-0.15, -0.1) is 0 Å². The Bertz CT molecular complexity index is 1070. The lowest BCUT2D eigenvalue weighted by molar-refractivity contribution is -0.0194. The molecule has 162 valence electrons. The number of aliphatic hydroxyl groups excluding tert-OH is 1. The molecule has 0 unspecified atom stereocenters. The molecule has 0 radical (unpaired) electrons. The number of ether oxygens (including phenoxy) is 1. The third-order valence-corrected chi connectivity index (χ3v) is 4.89. The number of benzene rings is 3. The summed E-state index contributed by atoms with van der Waals surface area (Å²) >= 11 is 0. The average molecular weight is 426 g/mol. The normalized spacial score (nSPS) is 12.8. The minimum atomic E-state index is -1.42. The second-order valence-electron chi connectivity index (χ2n) is 7.15. The Hall–Kier alpha value is -3.91. The summed E-state index contributed by atoms with van der Waals surface area (Å²) in [6, 6.07) is 11.6. The highest BCUT2D eigenvalue weighted by molar-refractivity contribution is 5.89. The molecule has 0 aliphatic carbocycles. The predicted molar refractivity (Wildman–Crippen MR) is 110 cm³/mol. The lowest BCUT2D eigenvalue weighted by Crippen LogP contribution is -2.28. The van der Waals surface area contributed by atoms with E-state index in [1.54, 1.807) is 6.92 Å². The van der Waals surface area contributed by atoms with Crippen molar-refractivity contribution in [2.75, 3.05) is 0 Å². The minimum absolute atomic E-state index is 0.0302. The van der Waals surface area contributed by atoms with Crippen LogP contribution in [0.4, 0.5) is 0 Å². The first-order valence-electron chi connectivity index (χ1n) is 9.37. The molecule has 3 aromatic rings. The highest BCUT2D eigenvalue weighted by Crippen LogP contribution is 2.34. The molecule has 8 nitrogen and oxygen atoms in total. The molecule has 0 fully saturated rings. The first-order valence-corrected chi connectivity index (χ1v) is 9.37. The Labute approximate surface area is 177 Å². The van der Waals surface area contributed by atoms with Crippen molar-refractivity contribution in [1.82, 2.24) is 0 Å². The minimum Gasteiger partial charge on any atom is -0.508 e. The van der Waals surface area contributed by atoms with E-state index in [4.69, 9.17) is 4.74 Å². The molecule has 2 atom stereocenters. The summed E-state index contributed by atoms with van der Waals surface area (Å²) in [6.45, 7) is 1.65. The molecule has 3 aromatic carbocycles. The molecule has 0 aliphatic heterocycles. The number of hydrogen-bond acceptors (Lipinski definition) is 8. The first kappa shape index (κ1) is 21.8. The van der Waals surface area contributed by atoms with Gasteiger partial charge in [0.1, 0.15) is 29.5 Å². The van der Waals surface area contributed by atoms with Crippen LogP contribution >= 0.6 is 0 Å². The molecule has 0 saturated carbocycles. The Morgan fingerprint density at radius 2 is 1.52 bits per heavy atom. The number of phenols is 5. The second kappa shape index (κ2) is 8.85. The maximum atomic E-state index is 12.6. The van der Waals surface area contributed by atoms with Crippen molar-refractivity contribution in [3.63, 3.8) is 0 Å². The molecule has 0 heterocycles. The van der Waals surface area contributed by atoms with Gasteiger partial charge in [-0.05, 0) is 60.5 Å². The smallest absolute Gasteiger partial charge is 0.338 e. The Balaban J connectivity index is 1.95. The van der Waals surface area contributed by atoms with E-state index in [-0.39, 0.29) is 40.5 Å². The molecule has 0 bridgehead atoms. The molecular weight excluding hydrogens is 404 g/mol. The maximum Gasteiger partial charge on any atom is 0.338 e. The standard InChI is InChI=1S/C23H22O8/c1-12-8-16(25)10-19(27)17(12)11-21(22(29)14-4-7-18(26)20(28)9-14)31-23(30)13-2-5-15(24)6-3-13/h2-10,21-22,24-29H,11H2,1H3/t21-,22-/m1/s1. The zero-order valence-electron chi connectivity index (χ0n) is 16.6. The van der Waals surface area contributed by atoms with E-state index >= 15 is 0 Å². The number of hydrogen-bond donors (Lipinski definition) is 6. The number of aromatic hydroxyl groups is 5. The number of aliphatic hydroxyl groups is 1. The maximum absolute atomic E-state index is 12.6. The topological polar surface area (TPSA) is 148 Å². The van der Waals surface area contributed by atoms with Gasteiger partial charge >= 0.3 is 5.97 Å². The third kappa shape index (κ3) is 4.99. The molecular formula is C23H22O8. The largest absolute Gasteiger partial charge is 0.508 e. The van der Waals surface area contributed by atoms with Gasteiger partial charge in [0.25, 0.3) is 0 Å². The van der Waals surface area contributed by atoms with Crippen LogP contribution < -0.4 is 0 Å². The van der Waals surface area contributed by atoms with Crippen LogP contribution in [0.1, 0.15) is 33.2 Å². The van der Waals surface area contributed by atoms with Crippen LogP contribution in [0.25, 0.3) is 0 Å². The van der Waals surface area contributed by atoms with Gasteiger partial charge in [-0.25, -0.2) is 4.79 Å². The van der Waals surface area contributed by atoms with Crippen molar-refractivity contribution in [1.29, 1.82) is 0 Å². The van der Waals surface area contributed by atoms with E-state index in [2.05, 4.69) is 0 Å². The Kier molecular flexibility index (Phi) is 6.22. The molecule has 0 aromatic heterocycles. The highest BCUT2D eigenvalue weighted by atomic mass is 16.6. The van der Waals surface area contributed by atoms with Crippen LogP contribution in [-0.4, -0.2) is 42.7 Å². The Morgan fingerprint density at radius 1 is 0.839 bits per heavy atom. The molecule has 6 N–H and O–H groups in total. The zero-order valence-corrected chi connectivity index (χ0v) is 16.6. The lowest BCUT2D eigenvalue weighted by atomic mass is 9.94. The summed E-state index contributed by atoms with van der Waals surface area (Å²) in [6.07, 6.45) is -2.72. The fourth-order valence-corrected chi connectivity index (χ4v) is 3.21. The molecule has 3 rings (SSSR count). The SMILES string of the molecule is Cc1cc(O)cc(O)c1C[C@@H](OC(=O)c1ccc(O)cc1)[C@H](O)c1ccc(O)c(O)c1. The predicted octanol–water partition coefficient (Wildman–Crippen LogP) is 3.02. The number of aryl methyl sites for hydroxylation is 1. The van der Waals surface area contributed by atoms with Crippen molar-refractivity contribution < 1.29 is 40.2 Å². The van der Waals surface area contributed by atoms with Crippen molar-refractivity contribution in [2.45, 2.75) is 25.6 Å². The van der Waals surface area contributed by atoms with Gasteiger partial charge < -0.3 is 35.4 Å². The van der Waals surface area contributed by atoms with Crippen LogP contribution in [0.3, 0.4) is 0 Å². The number of phenolic OH excluding ortho intramolecular Hbond substituents is 5. The van der Waals surface area contributed by atoms with Gasteiger partial charge in [0.15, 0.2) is 11.5 Å². The summed E-state index contributed by atoms with van der Waals surface area (Å²) in [5.41, 5.74) is 1.18.